The van der Waals surface area contributed by atoms with E-state index in [1.807, 2.05) is 18.0 Å². The zero-order valence-electron chi connectivity index (χ0n) is 19.2. The Morgan fingerprint density at radius 2 is 1.91 bits per heavy atom. The summed E-state index contributed by atoms with van der Waals surface area (Å²) in [6.45, 7) is -0.713. The molecular weight excluding hydrogens is 459 g/mol. The minimum absolute atomic E-state index is 0.167. The van der Waals surface area contributed by atoms with Gasteiger partial charge < -0.3 is 20.1 Å². The van der Waals surface area contributed by atoms with Crippen molar-refractivity contribution in [2.75, 3.05) is 30.4 Å². The number of hydrogen-bond donors (Lipinski definition) is 2. The molecule has 184 valence electrons. The van der Waals surface area contributed by atoms with Crippen molar-refractivity contribution in [3.05, 3.63) is 77.6 Å². The van der Waals surface area contributed by atoms with Gasteiger partial charge >= 0.3 is 12.1 Å². The summed E-state index contributed by atoms with van der Waals surface area (Å²) >= 11 is 0. The monoisotopic (exact) mass is 485 g/mol. The van der Waals surface area contributed by atoms with Gasteiger partial charge in [0, 0.05) is 37.1 Å². The molecule has 0 saturated heterocycles. The van der Waals surface area contributed by atoms with Gasteiger partial charge in [0.05, 0.1) is 17.4 Å². The van der Waals surface area contributed by atoms with Crippen LogP contribution in [-0.4, -0.2) is 42.4 Å². The Morgan fingerprint density at radius 3 is 2.63 bits per heavy atom. The Bertz CT molecular complexity index is 1180. The van der Waals surface area contributed by atoms with E-state index in [9.17, 15) is 23.1 Å². The first-order chi connectivity index (χ1) is 16.7. The first-order valence-electron chi connectivity index (χ1n) is 11.3. The molecule has 1 aromatic heterocycles. The van der Waals surface area contributed by atoms with Gasteiger partial charge in [-0.1, -0.05) is 6.07 Å². The smallest absolute Gasteiger partial charge is 0.422 e. The van der Waals surface area contributed by atoms with Gasteiger partial charge in [0.2, 0.25) is 0 Å². The molecule has 0 fully saturated rings. The van der Waals surface area contributed by atoms with Crippen LogP contribution >= 0.6 is 0 Å². The first kappa shape index (κ1) is 24.4. The Kier molecular flexibility index (Phi) is 7.14. The van der Waals surface area contributed by atoms with Crippen LogP contribution in [0.5, 0.6) is 5.75 Å². The SMILES string of the molecule is CN(c1ccc(OCC(F)(F)F)cc1)c1ccc2c(c1)CCC[C@H]2CNc1cnccc1C(=O)O. The van der Waals surface area contributed by atoms with Crippen LogP contribution in [0.25, 0.3) is 0 Å². The molecule has 35 heavy (non-hydrogen) atoms. The minimum atomic E-state index is -4.37. The highest BCUT2D eigenvalue weighted by atomic mass is 19.4. The van der Waals surface area contributed by atoms with Crippen molar-refractivity contribution >= 4 is 23.0 Å². The fourth-order valence-corrected chi connectivity index (χ4v) is 4.36. The van der Waals surface area contributed by atoms with Crippen molar-refractivity contribution in [1.82, 2.24) is 4.98 Å². The van der Waals surface area contributed by atoms with Gasteiger partial charge in [0.25, 0.3) is 0 Å². The summed E-state index contributed by atoms with van der Waals surface area (Å²) in [5.41, 5.74) is 4.98. The molecule has 1 aliphatic carbocycles. The van der Waals surface area contributed by atoms with Crippen LogP contribution in [0.3, 0.4) is 0 Å². The number of anilines is 3. The second-order valence-corrected chi connectivity index (χ2v) is 8.54. The van der Waals surface area contributed by atoms with Gasteiger partial charge in [0.15, 0.2) is 6.61 Å². The molecule has 0 saturated carbocycles. The van der Waals surface area contributed by atoms with Gasteiger partial charge in [-0.25, -0.2) is 4.79 Å². The number of ether oxygens (including phenoxy) is 1. The summed E-state index contributed by atoms with van der Waals surface area (Å²) in [5, 5.41) is 12.6. The highest BCUT2D eigenvalue weighted by molar-refractivity contribution is 5.93. The number of aromatic carboxylic acids is 1. The summed E-state index contributed by atoms with van der Waals surface area (Å²) < 4.78 is 41.9. The van der Waals surface area contributed by atoms with Crippen LogP contribution in [0.4, 0.5) is 30.2 Å². The van der Waals surface area contributed by atoms with Gasteiger partial charge in [-0.3, -0.25) is 4.98 Å². The number of nitrogens with zero attached hydrogens (tertiary/aromatic N) is 2. The molecule has 3 aromatic rings. The summed E-state index contributed by atoms with van der Waals surface area (Å²) in [4.78, 5) is 17.5. The summed E-state index contributed by atoms with van der Waals surface area (Å²) in [5.74, 6) is -0.587. The average Bonchev–Trinajstić information content (AvgIpc) is 2.85. The van der Waals surface area contributed by atoms with Crippen molar-refractivity contribution in [2.45, 2.75) is 31.4 Å². The second-order valence-electron chi connectivity index (χ2n) is 8.54. The van der Waals surface area contributed by atoms with Crippen LogP contribution in [0.1, 0.15) is 40.2 Å². The van der Waals surface area contributed by atoms with Crippen molar-refractivity contribution in [3.63, 3.8) is 0 Å². The van der Waals surface area contributed by atoms with Gasteiger partial charge in [-0.15, -0.1) is 0 Å². The maximum absolute atomic E-state index is 12.4. The third kappa shape index (κ3) is 6.03. The molecule has 1 aliphatic rings. The molecule has 0 unspecified atom stereocenters. The van der Waals surface area contributed by atoms with Crippen LogP contribution in [0.2, 0.25) is 0 Å². The molecule has 0 aliphatic heterocycles. The number of pyridine rings is 1. The van der Waals surface area contributed by atoms with E-state index in [1.54, 1.807) is 12.1 Å². The number of carboxylic acids is 1. The van der Waals surface area contributed by atoms with E-state index in [2.05, 4.69) is 22.4 Å². The largest absolute Gasteiger partial charge is 0.484 e. The number of aromatic nitrogens is 1. The molecule has 9 heteroatoms. The average molecular weight is 486 g/mol. The van der Waals surface area contributed by atoms with E-state index in [0.717, 1.165) is 30.6 Å². The topological polar surface area (TPSA) is 74.7 Å². The number of halogens is 3. The molecule has 1 heterocycles. The number of fused-ring (bicyclic) bond motifs is 1. The van der Waals surface area contributed by atoms with Crippen molar-refractivity contribution in [3.8, 4) is 5.75 Å². The quantitative estimate of drug-likeness (QED) is 0.406. The number of hydrogen-bond acceptors (Lipinski definition) is 5. The zero-order chi connectivity index (χ0) is 25.0. The van der Waals surface area contributed by atoms with Crippen LogP contribution in [0, 0.1) is 0 Å². The first-order valence-corrected chi connectivity index (χ1v) is 11.3. The molecule has 4 rings (SSSR count). The number of carbonyl (C=O) groups is 1. The zero-order valence-corrected chi connectivity index (χ0v) is 19.2. The molecule has 2 N–H and O–H groups in total. The second kappa shape index (κ2) is 10.2. The highest BCUT2D eigenvalue weighted by Gasteiger charge is 2.28. The van der Waals surface area contributed by atoms with Gasteiger partial charge in [-0.2, -0.15) is 13.2 Å². The number of alkyl halides is 3. The molecule has 2 aromatic carbocycles. The number of nitrogens with one attached hydrogen (secondary N) is 1. The lowest BCUT2D eigenvalue weighted by molar-refractivity contribution is -0.153. The van der Waals surface area contributed by atoms with E-state index >= 15 is 0 Å². The summed E-state index contributed by atoms with van der Waals surface area (Å²) in [6, 6.07) is 14.3. The van der Waals surface area contributed by atoms with Crippen LogP contribution in [0.15, 0.2) is 60.9 Å². The van der Waals surface area contributed by atoms with Crippen molar-refractivity contribution in [1.29, 1.82) is 0 Å². The molecule has 0 radical (unpaired) electrons. The molecule has 6 nitrogen and oxygen atoms in total. The molecule has 0 bridgehead atoms. The normalized spacial score (nSPS) is 15.3. The summed E-state index contributed by atoms with van der Waals surface area (Å²) in [7, 11) is 1.91. The summed E-state index contributed by atoms with van der Waals surface area (Å²) in [6.07, 6.45) is 1.59. The lowest BCUT2D eigenvalue weighted by Gasteiger charge is -2.28. The van der Waals surface area contributed by atoms with E-state index in [-0.39, 0.29) is 17.2 Å². The Hall–Kier alpha value is -3.75. The third-order valence-corrected chi connectivity index (χ3v) is 6.17. The Labute approximate surface area is 201 Å². The van der Waals surface area contributed by atoms with E-state index in [4.69, 9.17) is 4.74 Å². The highest BCUT2D eigenvalue weighted by Crippen LogP contribution is 2.36. The molecule has 0 spiro atoms. The number of benzene rings is 2. The van der Waals surface area contributed by atoms with E-state index < -0.39 is 18.8 Å². The standard InChI is InChI=1S/C26H26F3N3O3/c1-32(19-5-8-21(9-6-19)35-16-26(27,28)29)20-7-10-22-17(13-20)3-2-4-18(22)14-31-24-15-30-12-11-23(24)25(33)34/h5-13,15,18,31H,2-4,14,16H2,1H3,(H,33,34)/t18-/m0/s1. The number of rotatable bonds is 8. The number of carboxylic acid groups (broad SMARTS) is 1. The van der Waals surface area contributed by atoms with Crippen LogP contribution < -0.4 is 15.0 Å². The minimum Gasteiger partial charge on any atom is -0.484 e. The van der Waals surface area contributed by atoms with Crippen molar-refractivity contribution in [2.24, 2.45) is 0 Å². The Balaban J connectivity index is 1.45. The fourth-order valence-electron chi connectivity index (χ4n) is 4.36. The van der Waals surface area contributed by atoms with Crippen molar-refractivity contribution < 1.29 is 27.8 Å². The maximum Gasteiger partial charge on any atom is 0.422 e. The lowest BCUT2D eigenvalue weighted by Crippen LogP contribution is -2.20. The lowest BCUT2D eigenvalue weighted by atomic mass is 9.82. The molecule has 0 amide bonds. The third-order valence-electron chi connectivity index (χ3n) is 6.17. The van der Waals surface area contributed by atoms with E-state index in [0.29, 0.717) is 12.2 Å². The fraction of sp³-hybridized carbons (Fsp3) is 0.308. The van der Waals surface area contributed by atoms with E-state index in [1.165, 1.54) is 41.7 Å². The van der Waals surface area contributed by atoms with Crippen LogP contribution in [-0.2, 0) is 6.42 Å². The Morgan fingerprint density at radius 1 is 1.17 bits per heavy atom. The van der Waals surface area contributed by atoms with Gasteiger partial charge in [0.1, 0.15) is 5.75 Å². The maximum atomic E-state index is 12.4. The van der Waals surface area contributed by atoms with Gasteiger partial charge in [-0.05, 0) is 72.9 Å². The molecule has 1 atom stereocenters. The predicted octanol–water partition coefficient (Wildman–Crippen LogP) is 6.02. The number of aryl methyl sites for hydroxylation is 1. The molecular formula is C26H26F3N3O3. The predicted molar refractivity (Wildman–Crippen MR) is 128 cm³/mol.